The molecular formula is C21H34IN7. The zero-order valence-electron chi connectivity index (χ0n) is 17.5. The fraction of sp³-hybridized carbons (Fsp3) is 0.524. The fourth-order valence-electron chi connectivity index (χ4n) is 3.51. The van der Waals surface area contributed by atoms with Crippen LogP contribution in [0, 0.1) is 0 Å². The maximum atomic E-state index is 4.37. The molecule has 1 saturated heterocycles. The van der Waals surface area contributed by atoms with Crippen molar-refractivity contribution in [3.63, 3.8) is 0 Å². The fourth-order valence-corrected chi connectivity index (χ4v) is 3.51. The van der Waals surface area contributed by atoms with E-state index in [2.05, 4.69) is 61.8 Å². The lowest BCUT2D eigenvalue weighted by atomic mass is 10.1. The van der Waals surface area contributed by atoms with Gasteiger partial charge in [-0.1, -0.05) is 24.3 Å². The molecule has 3 rings (SSSR count). The van der Waals surface area contributed by atoms with Gasteiger partial charge in [-0.3, -0.25) is 9.67 Å². The van der Waals surface area contributed by atoms with Crippen LogP contribution in [0.1, 0.15) is 17.5 Å². The summed E-state index contributed by atoms with van der Waals surface area (Å²) in [5, 5.41) is 11.2. The number of hydrogen-bond acceptors (Lipinski definition) is 4. The molecule has 1 aromatic heterocycles. The predicted molar refractivity (Wildman–Crippen MR) is 130 cm³/mol. The lowest BCUT2D eigenvalue weighted by Gasteiger charge is -2.21. The van der Waals surface area contributed by atoms with Crippen molar-refractivity contribution < 1.29 is 0 Å². The van der Waals surface area contributed by atoms with Crippen LogP contribution in [-0.2, 0) is 13.1 Å². The molecule has 0 saturated carbocycles. The second-order valence-electron chi connectivity index (χ2n) is 7.32. The molecule has 160 valence electrons. The number of nitrogens with zero attached hydrogens (tertiary/aromatic N) is 5. The highest BCUT2D eigenvalue weighted by Gasteiger charge is 2.11. The molecule has 0 atom stereocenters. The van der Waals surface area contributed by atoms with Crippen molar-refractivity contribution in [3.05, 3.63) is 53.9 Å². The van der Waals surface area contributed by atoms with Crippen LogP contribution in [0.2, 0.25) is 0 Å². The minimum absolute atomic E-state index is 0. The van der Waals surface area contributed by atoms with E-state index in [0.717, 1.165) is 45.2 Å². The van der Waals surface area contributed by atoms with Gasteiger partial charge in [0.2, 0.25) is 0 Å². The van der Waals surface area contributed by atoms with Gasteiger partial charge in [0.25, 0.3) is 0 Å². The first kappa shape index (κ1) is 23.6. The van der Waals surface area contributed by atoms with Gasteiger partial charge in [0.05, 0.1) is 6.54 Å². The molecule has 29 heavy (non-hydrogen) atoms. The monoisotopic (exact) mass is 511 g/mol. The van der Waals surface area contributed by atoms with Crippen molar-refractivity contribution in [3.8, 4) is 0 Å². The quantitative estimate of drug-likeness (QED) is 0.338. The Hall–Kier alpha value is -1.65. The zero-order valence-corrected chi connectivity index (χ0v) is 19.9. The molecule has 0 amide bonds. The second-order valence-corrected chi connectivity index (χ2v) is 7.32. The molecule has 2 N–H and O–H groups in total. The van der Waals surface area contributed by atoms with Crippen LogP contribution in [0.5, 0.6) is 0 Å². The van der Waals surface area contributed by atoms with E-state index < -0.39 is 0 Å². The maximum absolute atomic E-state index is 4.37. The Labute approximate surface area is 191 Å². The van der Waals surface area contributed by atoms with Crippen LogP contribution < -0.4 is 10.6 Å². The Kier molecular flexibility index (Phi) is 10.4. The number of aliphatic imine (C=N–C) groups is 1. The molecule has 1 fully saturated rings. The van der Waals surface area contributed by atoms with Crippen LogP contribution in [-0.4, -0.2) is 78.9 Å². The van der Waals surface area contributed by atoms with Crippen molar-refractivity contribution in [2.75, 3.05) is 53.4 Å². The van der Waals surface area contributed by atoms with Crippen molar-refractivity contribution in [1.29, 1.82) is 0 Å². The molecule has 0 aliphatic carbocycles. The minimum atomic E-state index is 0. The maximum Gasteiger partial charge on any atom is 0.191 e. The van der Waals surface area contributed by atoms with E-state index in [9.17, 15) is 0 Å². The summed E-state index contributed by atoms with van der Waals surface area (Å²) in [5.41, 5.74) is 2.53. The number of likely N-dealkylation sites (N-methyl/N-ethyl adjacent to an activating group) is 1. The van der Waals surface area contributed by atoms with E-state index in [0.29, 0.717) is 0 Å². The Bertz CT molecular complexity index is 732. The summed E-state index contributed by atoms with van der Waals surface area (Å²) >= 11 is 0. The Morgan fingerprint density at radius 2 is 1.90 bits per heavy atom. The first-order valence-electron chi connectivity index (χ1n) is 10.1. The highest BCUT2D eigenvalue weighted by Crippen LogP contribution is 2.10. The van der Waals surface area contributed by atoms with E-state index >= 15 is 0 Å². The second kappa shape index (κ2) is 12.8. The number of rotatable bonds is 7. The van der Waals surface area contributed by atoms with Crippen molar-refractivity contribution in [2.45, 2.75) is 19.5 Å². The van der Waals surface area contributed by atoms with Crippen LogP contribution in [0.15, 0.2) is 47.7 Å². The average Bonchev–Trinajstić information content (AvgIpc) is 3.13. The predicted octanol–water partition coefficient (Wildman–Crippen LogP) is 1.85. The Morgan fingerprint density at radius 3 is 2.66 bits per heavy atom. The number of aromatic nitrogens is 2. The number of hydrogen-bond donors (Lipinski definition) is 2. The van der Waals surface area contributed by atoms with Crippen LogP contribution >= 0.6 is 24.0 Å². The molecule has 8 heteroatoms. The summed E-state index contributed by atoms with van der Waals surface area (Å²) in [4.78, 5) is 9.31. The van der Waals surface area contributed by atoms with Crippen molar-refractivity contribution in [2.24, 2.45) is 4.99 Å². The summed E-state index contributed by atoms with van der Waals surface area (Å²) in [6.45, 7) is 8.14. The van der Waals surface area contributed by atoms with E-state index in [1.165, 1.54) is 30.6 Å². The van der Waals surface area contributed by atoms with Gasteiger partial charge in [0, 0.05) is 52.2 Å². The minimum Gasteiger partial charge on any atom is -0.355 e. The average molecular weight is 511 g/mol. The zero-order chi connectivity index (χ0) is 19.6. The Morgan fingerprint density at radius 1 is 1.07 bits per heavy atom. The van der Waals surface area contributed by atoms with Gasteiger partial charge in [-0.2, -0.15) is 5.10 Å². The van der Waals surface area contributed by atoms with Gasteiger partial charge in [0.1, 0.15) is 0 Å². The number of benzene rings is 1. The first-order valence-corrected chi connectivity index (χ1v) is 10.1. The topological polar surface area (TPSA) is 60.7 Å². The lowest BCUT2D eigenvalue weighted by molar-refractivity contribution is 0.280. The number of halogens is 1. The van der Waals surface area contributed by atoms with Gasteiger partial charge < -0.3 is 20.4 Å². The number of guanidine groups is 1. The molecule has 1 aliphatic rings. The molecule has 0 radical (unpaired) electrons. The van der Waals surface area contributed by atoms with Gasteiger partial charge in [-0.05, 0) is 43.8 Å². The summed E-state index contributed by atoms with van der Waals surface area (Å²) in [7, 11) is 4.03. The lowest BCUT2D eigenvalue weighted by Crippen LogP contribution is -2.42. The SMILES string of the molecule is CN=C(NCCN1CCCN(C)CC1)NCc1ccccc1Cn1cccn1.I. The normalized spacial score (nSPS) is 16.1. The van der Waals surface area contributed by atoms with Gasteiger partial charge >= 0.3 is 0 Å². The summed E-state index contributed by atoms with van der Waals surface area (Å²) in [6.07, 6.45) is 5.05. The van der Waals surface area contributed by atoms with Crippen LogP contribution in [0.25, 0.3) is 0 Å². The van der Waals surface area contributed by atoms with Gasteiger partial charge in [0.15, 0.2) is 5.96 Å². The van der Waals surface area contributed by atoms with E-state index in [1.807, 2.05) is 30.2 Å². The van der Waals surface area contributed by atoms with Gasteiger partial charge in [-0.25, -0.2) is 0 Å². The molecule has 0 spiro atoms. The van der Waals surface area contributed by atoms with E-state index in [4.69, 9.17) is 0 Å². The molecule has 2 heterocycles. The molecule has 0 unspecified atom stereocenters. The smallest absolute Gasteiger partial charge is 0.191 e. The standard InChI is InChI=1S/C21H33N7.HI/c1-22-21(23-10-14-27-12-6-11-26(2)15-16-27)24-17-19-7-3-4-8-20(19)18-28-13-5-9-25-28;/h3-5,7-9,13H,6,10-12,14-18H2,1-2H3,(H2,22,23,24);1H. The largest absolute Gasteiger partial charge is 0.355 e. The summed E-state index contributed by atoms with van der Waals surface area (Å²) in [6, 6.07) is 10.4. The van der Waals surface area contributed by atoms with E-state index in [-0.39, 0.29) is 24.0 Å². The first-order chi connectivity index (χ1) is 13.7. The third-order valence-electron chi connectivity index (χ3n) is 5.21. The third-order valence-corrected chi connectivity index (χ3v) is 5.21. The van der Waals surface area contributed by atoms with Crippen LogP contribution in [0.3, 0.4) is 0 Å². The number of nitrogens with one attached hydrogen (secondary N) is 2. The summed E-state index contributed by atoms with van der Waals surface area (Å²) < 4.78 is 1.95. The Balaban J connectivity index is 0.00000300. The van der Waals surface area contributed by atoms with Crippen molar-refractivity contribution in [1.82, 2.24) is 30.2 Å². The molecule has 1 aliphatic heterocycles. The highest BCUT2D eigenvalue weighted by molar-refractivity contribution is 14.0. The molecular weight excluding hydrogens is 477 g/mol. The van der Waals surface area contributed by atoms with Crippen LogP contribution in [0.4, 0.5) is 0 Å². The van der Waals surface area contributed by atoms with E-state index in [1.54, 1.807) is 0 Å². The summed E-state index contributed by atoms with van der Waals surface area (Å²) in [5.74, 6) is 0.848. The third kappa shape index (κ3) is 7.94. The molecule has 7 nitrogen and oxygen atoms in total. The molecule has 0 bridgehead atoms. The molecule has 1 aromatic carbocycles. The van der Waals surface area contributed by atoms with Gasteiger partial charge in [-0.15, -0.1) is 24.0 Å². The molecule has 2 aromatic rings. The highest BCUT2D eigenvalue weighted by atomic mass is 127. The van der Waals surface area contributed by atoms with Crippen molar-refractivity contribution >= 4 is 29.9 Å².